The maximum atomic E-state index is 16.0. The Kier molecular flexibility index (Phi) is 4.15. The second kappa shape index (κ2) is 6.40. The number of aromatic nitrogens is 2. The monoisotopic (exact) mass is 417 g/mol. The first-order valence-corrected chi connectivity index (χ1v) is 11.0. The van der Waals surface area contributed by atoms with E-state index in [1.54, 1.807) is 11.3 Å². The van der Waals surface area contributed by atoms with Crippen LogP contribution in [0.3, 0.4) is 0 Å². The van der Waals surface area contributed by atoms with Gasteiger partial charge in [-0.2, -0.15) is 0 Å². The van der Waals surface area contributed by atoms with Gasteiger partial charge < -0.3 is 15.8 Å². The van der Waals surface area contributed by atoms with Crippen molar-refractivity contribution in [2.24, 2.45) is 11.7 Å². The lowest BCUT2D eigenvalue weighted by atomic mass is 9.64. The van der Waals surface area contributed by atoms with E-state index in [0.29, 0.717) is 12.2 Å². The van der Waals surface area contributed by atoms with Gasteiger partial charge in [0.15, 0.2) is 11.6 Å². The minimum atomic E-state index is -1.06. The van der Waals surface area contributed by atoms with Gasteiger partial charge in [0.1, 0.15) is 5.56 Å². The van der Waals surface area contributed by atoms with Crippen molar-refractivity contribution >= 4 is 17.1 Å². The molecule has 3 atom stereocenters. The minimum Gasteiger partial charge on any atom is -0.504 e. The van der Waals surface area contributed by atoms with E-state index < -0.39 is 34.2 Å². The van der Waals surface area contributed by atoms with Crippen molar-refractivity contribution in [3.05, 3.63) is 59.3 Å². The van der Waals surface area contributed by atoms with Crippen LogP contribution in [0, 0.1) is 5.92 Å². The number of nitrogens with two attached hydrogens (primary N) is 1. The summed E-state index contributed by atoms with van der Waals surface area (Å²) >= 11 is 1.60. The molecule has 2 heterocycles. The molecule has 8 heteroatoms. The number of aryl methyl sites for hydroxylation is 1. The van der Waals surface area contributed by atoms with Crippen molar-refractivity contribution in [2.45, 2.75) is 56.3 Å². The summed E-state index contributed by atoms with van der Waals surface area (Å²) in [6.45, 7) is 2.40. The van der Waals surface area contributed by atoms with Gasteiger partial charge in [-0.15, -0.1) is 11.3 Å². The maximum Gasteiger partial charge on any atom is 0.325 e. The van der Waals surface area contributed by atoms with E-state index >= 15 is 4.39 Å². The first-order valence-electron chi connectivity index (χ1n) is 10.2. The second-order valence-electron chi connectivity index (χ2n) is 8.54. The van der Waals surface area contributed by atoms with Gasteiger partial charge in [0, 0.05) is 21.4 Å². The molecule has 154 valence electrons. The van der Waals surface area contributed by atoms with Gasteiger partial charge in [0.05, 0.1) is 5.41 Å². The smallest absolute Gasteiger partial charge is 0.325 e. The normalized spacial score (nSPS) is 28.9. The van der Waals surface area contributed by atoms with Gasteiger partial charge in [0.2, 0.25) is 0 Å². The largest absolute Gasteiger partial charge is 0.504 e. The molecule has 2 aromatic rings. The summed E-state index contributed by atoms with van der Waals surface area (Å²) in [5, 5.41) is 10.7. The van der Waals surface area contributed by atoms with Gasteiger partial charge in [-0.1, -0.05) is 6.92 Å². The summed E-state index contributed by atoms with van der Waals surface area (Å²) in [4.78, 5) is 31.1. The Labute approximate surface area is 170 Å². The third-order valence-corrected chi connectivity index (χ3v) is 8.41. The van der Waals surface area contributed by atoms with E-state index in [2.05, 4.69) is 16.0 Å². The molecular formula is C21H24FN3O3S. The molecule has 0 amide bonds. The summed E-state index contributed by atoms with van der Waals surface area (Å²) in [5.74, 6) is -1.49. The zero-order chi connectivity index (χ0) is 20.5. The average Bonchev–Trinajstić information content (AvgIpc) is 3.44. The average molecular weight is 418 g/mol. The molecule has 6 nitrogen and oxygen atoms in total. The molecule has 5 rings (SSSR count). The summed E-state index contributed by atoms with van der Waals surface area (Å²) in [5.41, 5.74) is 4.87. The van der Waals surface area contributed by atoms with Crippen LogP contribution in [-0.2, 0) is 11.8 Å². The highest BCUT2D eigenvalue weighted by Gasteiger charge is 2.59. The van der Waals surface area contributed by atoms with E-state index in [1.807, 2.05) is 6.92 Å². The molecular weight excluding hydrogens is 393 g/mol. The molecule has 3 aliphatic rings. The van der Waals surface area contributed by atoms with Crippen molar-refractivity contribution < 1.29 is 9.50 Å². The Bertz CT molecular complexity index is 1140. The van der Waals surface area contributed by atoms with Crippen LogP contribution < -0.4 is 17.0 Å². The SMILES string of the molecule is CC1c2[nH]c(=O)[nH]c(=O)c2C(O)=C(F)C1(c1cc2c(s1)CCCC2CN)C1CC1. The third kappa shape index (κ3) is 2.48. The Morgan fingerprint density at radius 1 is 1.31 bits per heavy atom. The van der Waals surface area contributed by atoms with Crippen LogP contribution in [0.2, 0.25) is 0 Å². The number of aliphatic hydroxyl groups excluding tert-OH is 1. The van der Waals surface area contributed by atoms with Crippen molar-refractivity contribution in [3.8, 4) is 0 Å². The third-order valence-electron chi connectivity index (χ3n) is 7.05. The number of allylic oxidation sites excluding steroid dienone is 1. The van der Waals surface area contributed by atoms with Crippen LogP contribution in [0.25, 0.3) is 5.76 Å². The molecule has 3 unspecified atom stereocenters. The van der Waals surface area contributed by atoms with Crippen LogP contribution >= 0.6 is 11.3 Å². The lowest BCUT2D eigenvalue weighted by Crippen LogP contribution is -2.42. The number of fused-ring (bicyclic) bond motifs is 2. The van der Waals surface area contributed by atoms with Crippen LogP contribution in [0.15, 0.2) is 21.5 Å². The molecule has 0 radical (unpaired) electrons. The van der Waals surface area contributed by atoms with Crippen molar-refractivity contribution in [1.29, 1.82) is 0 Å². The molecule has 0 aromatic carbocycles. The Morgan fingerprint density at radius 2 is 2.07 bits per heavy atom. The summed E-state index contributed by atoms with van der Waals surface area (Å²) in [7, 11) is 0. The Hall–Kier alpha value is -2.19. The standard InChI is InChI=1S/C21H24FN3O3S/c1-9-16-15(19(27)25-20(28)24-16)17(26)18(22)21(9,11-5-6-11)14-7-12-10(8-23)3-2-4-13(12)29-14/h7,9-11,26H,2-6,8,23H2,1H3,(H2,24,25,27,28). The van der Waals surface area contributed by atoms with E-state index in [1.165, 1.54) is 10.4 Å². The first-order chi connectivity index (χ1) is 13.9. The van der Waals surface area contributed by atoms with E-state index in [-0.39, 0.29) is 17.4 Å². The zero-order valence-electron chi connectivity index (χ0n) is 16.2. The van der Waals surface area contributed by atoms with E-state index in [9.17, 15) is 14.7 Å². The minimum absolute atomic E-state index is 0.0204. The fourth-order valence-corrected chi connectivity index (χ4v) is 7.12. The fraction of sp³-hybridized carbons (Fsp3) is 0.524. The van der Waals surface area contributed by atoms with Crippen LogP contribution in [0.5, 0.6) is 0 Å². The summed E-state index contributed by atoms with van der Waals surface area (Å²) in [6, 6.07) is 2.08. The molecule has 5 N–H and O–H groups in total. The molecule has 1 fully saturated rings. The summed E-state index contributed by atoms with van der Waals surface area (Å²) < 4.78 is 16.0. The number of aliphatic hydroxyl groups is 1. The van der Waals surface area contributed by atoms with Gasteiger partial charge in [-0.05, 0) is 62.1 Å². The number of hydrogen-bond acceptors (Lipinski definition) is 5. The Morgan fingerprint density at radius 3 is 2.76 bits per heavy atom. The Balaban J connectivity index is 1.78. The van der Waals surface area contributed by atoms with E-state index in [4.69, 9.17) is 5.73 Å². The predicted octanol–water partition coefficient (Wildman–Crippen LogP) is 3.16. The topological polar surface area (TPSA) is 112 Å². The highest BCUT2D eigenvalue weighted by molar-refractivity contribution is 7.12. The number of hydrogen-bond donors (Lipinski definition) is 4. The second-order valence-corrected chi connectivity index (χ2v) is 9.68. The highest BCUT2D eigenvalue weighted by atomic mass is 32.1. The molecule has 1 saturated carbocycles. The van der Waals surface area contributed by atoms with Crippen molar-refractivity contribution in [2.75, 3.05) is 6.54 Å². The number of rotatable bonds is 3. The van der Waals surface area contributed by atoms with Crippen LogP contribution in [0.1, 0.15) is 71.0 Å². The molecule has 3 aliphatic carbocycles. The van der Waals surface area contributed by atoms with Crippen LogP contribution in [-0.4, -0.2) is 21.6 Å². The zero-order valence-corrected chi connectivity index (χ0v) is 17.0. The lowest BCUT2D eigenvalue weighted by Gasteiger charge is -2.41. The van der Waals surface area contributed by atoms with Gasteiger partial charge in [-0.3, -0.25) is 9.78 Å². The van der Waals surface area contributed by atoms with E-state index in [0.717, 1.165) is 37.0 Å². The number of halogens is 1. The van der Waals surface area contributed by atoms with Crippen LogP contribution in [0.4, 0.5) is 4.39 Å². The van der Waals surface area contributed by atoms with Gasteiger partial charge in [-0.25, -0.2) is 9.18 Å². The fourth-order valence-electron chi connectivity index (χ4n) is 5.48. The van der Waals surface area contributed by atoms with Crippen molar-refractivity contribution in [1.82, 2.24) is 9.97 Å². The number of nitrogens with one attached hydrogen (secondary N) is 2. The van der Waals surface area contributed by atoms with Gasteiger partial charge >= 0.3 is 5.69 Å². The number of aromatic amines is 2. The van der Waals surface area contributed by atoms with Gasteiger partial charge in [0.25, 0.3) is 5.56 Å². The summed E-state index contributed by atoms with van der Waals surface area (Å²) in [6.07, 6.45) is 4.74. The molecule has 0 spiro atoms. The predicted molar refractivity (Wildman–Crippen MR) is 110 cm³/mol. The van der Waals surface area contributed by atoms with Crippen molar-refractivity contribution in [3.63, 3.8) is 0 Å². The molecule has 29 heavy (non-hydrogen) atoms. The maximum absolute atomic E-state index is 16.0. The molecule has 0 saturated heterocycles. The molecule has 0 aliphatic heterocycles. The first kappa shape index (κ1) is 18.8. The number of thiophene rings is 1. The lowest BCUT2D eigenvalue weighted by molar-refractivity contribution is 0.283. The molecule has 0 bridgehead atoms. The quantitative estimate of drug-likeness (QED) is 0.614. The highest BCUT2D eigenvalue weighted by Crippen LogP contribution is 2.63. The molecule has 2 aromatic heterocycles. The number of H-pyrrole nitrogens is 2.